The summed E-state index contributed by atoms with van der Waals surface area (Å²) in [7, 11) is 0. The van der Waals surface area contributed by atoms with Crippen LogP contribution in [-0.2, 0) is 9.53 Å². The summed E-state index contributed by atoms with van der Waals surface area (Å²) in [6, 6.07) is 0. The minimum Gasteiger partial charge on any atom is -0.368 e. The number of unbranched alkanes of at least 4 members (excludes halogenated alkanes) is 4. The Balaban J connectivity index is 2.30. The molecule has 0 aliphatic heterocycles. The van der Waals surface area contributed by atoms with Crippen LogP contribution < -0.4 is 0 Å². The van der Waals surface area contributed by atoms with Crippen molar-refractivity contribution in [1.29, 1.82) is 0 Å². The van der Waals surface area contributed by atoms with Gasteiger partial charge in [-0.2, -0.15) is 0 Å². The number of hydrogen-bond donors (Lipinski definition) is 0. The van der Waals surface area contributed by atoms with E-state index in [1.165, 1.54) is 25.7 Å². The fourth-order valence-electron chi connectivity index (χ4n) is 2.42. The van der Waals surface area contributed by atoms with E-state index in [1.54, 1.807) is 0 Å². The van der Waals surface area contributed by atoms with Crippen molar-refractivity contribution in [1.82, 2.24) is 0 Å². The topological polar surface area (TPSA) is 26.3 Å². The Bertz CT molecular complexity index is 358. The number of carbonyl (C=O) groups is 1. The van der Waals surface area contributed by atoms with Crippen LogP contribution in [-0.4, -0.2) is 17.5 Å². The first-order valence-electron chi connectivity index (χ1n) is 7.99. The van der Waals surface area contributed by atoms with Crippen LogP contribution in [0.2, 0.25) is 0 Å². The third-order valence-electron chi connectivity index (χ3n) is 3.37. The normalized spacial score (nSPS) is 19.9. The lowest BCUT2D eigenvalue weighted by molar-refractivity contribution is -0.118. The highest BCUT2D eigenvalue weighted by molar-refractivity contribution is 5.98. The number of carbonyl (C=O) groups excluding carboxylic acids is 1. The second kappa shape index (κ2) is 8.41. The van der Waals surface area contributed by atoms with Gasteiger partial charge in [-0.05, 0) is 51.7 Å². The van der Waals surface area contributed by atoms with Crippen molar-refractivity contribution in [2.75, 3.05) is 0 Å². The third kappa shape index (κ3) is 7.04. The molecule has 0 bridgehead atoms. The summed E-state index contributed by atoms with van der Waals surface area (Å²) >= 11 is 0. The zero-order valence-corrected chi connectivity index (χ0v) is 13.6. The van der Waals surface area contributed by atoms with Crippen molar-refractivity contribution in [2.45, 2.75) is 84.3 Å². The SMILES string of the molecule is CCCCCCC=CCC1=CC(OC(C)(C)C)CC1=O. The van der Waals surface area contributed by atoms with E-state index >= 15 is 0 Å². The lowest BCUT2D eigenvalue weighted by Gasteiger charge is -2.23. The van der Waals surface area contributed by atoms with Gasteiger partial charge in [0.15, 0.2) is 5.78 Å². The first-order valence-corrected chi connectivity index (χ1v) is 7.99. The van der Waals surface area contributed by atoms with Crippen LogP contribution in [0.15, 0.2) is 23.8 Å². The number of allylic oxidation sites excluding steroid dienone is 3. The molecule has 0 fully saturated rings. The van der Waals surface area contributed by atoms with Gasteiger partial charge in [0.1, 0.15) is 0 Å². The summed E-state index contributed by atoms with van der Waals surface area (Å²) < 4.78 is 5.85. The molecule has 0 aromatic heterocycles. The molecule has 0 aromatic carbocycles. The molecule has 0 spiro atoms. The number of hydrogen-bond acceptors (Lipinski definition) is 2. The molecule has 1 aliphatic carbocycles. The lowest BCUT2D eigenvalue weighted by Crippen LogP contribution is -2.25. The standard InChI is InChI=1S/C18H30O2/c1-5-6-7-8-9-10-11-12-15-13-16(14-17(15)19)20-18(2,3)4/h10-11,13,16H,5-9,12,14H2,1-4H3. The third-order valence-corrected chi connectivity index (χ3v) is 3.37. The molecule has 0 radical (unpaired) electrons. The van der Waals surface area contributed by atoms with Crippen molar-refractivity contribution in [2.24, 2.45) is 0 Å². The van der Waals surface area contributed by atoms with Gasteiger partial charge in [0.2, 0.25) is 0 Å². The van der Waals surface area contributed by atoms with E-state index in [0.29, 0.717) is 6.42 Å². The van der Waals surface area contributed by atoms with Crippen LogP contribution in [0.5, 0.6) is 0 Å². The lowest BCUT2D eigenvalue weighted by atomic mass is 10.1. The monoisotopic (exact) mass is 278 g/mol. The van der Waals surface area contributed by atoms with Crippen LogP contribution in [0.4, 0.5) is 0 Å². The van der Waals surface area contributed by atoms with Gasteiger partial charge < -0.3 is 4.74 Å². The highest BCUT2D eigenvalue weighted by atomic mass is 16.5. The van der Waals surface area contributed by atoms with Crippen LogP contribution in [0.3, 0.4) is 0 Å². The molecule has 1 atom stereocenters. The summed E-state index contributed by atoms with van der Waals surface area (Å²) in [5.41, 5.74) is 0.732. The molecule has 2 nitrogen and oxygen atoms in total. The number of ether oxygens (including phenoxy) is 1. The van der Waals surface area contributed by atoms with E-state index in [2.05, 4.69) is 19.1 Å². The maximum Gasteiger partial charge on any atom is 0.161 e. The molecule has 1 aliphatic rings. The molecule has 1 unspecified atom stereocenters. The maximum absolute atomic E-state index is 11.9. The van der Waals surface area contributed by atoms with E-state index in [0.717, 1.165) is 18.4 Å². The van der Waals surface area contributed by atoms with Crippen LogP contribution in [0, 0.1) is 0 Å². The molecule has 1 rings (SSSR count). The van der Waals surface area contributed by atoms with Gasteiger partial charge in [-0.3, -0.25) is 4.79 Å². The van der Waals surface area contributed by atoms with E-state index in [1.807, 2.05) is 26.8 Å². The molecular weight excluding hydrogens is 248 g/mol. The predicted molar refractivity (Wildman–Crippen MR) is 84.8 cm³/mol. The van der Waals surface area contributed by atoms with E-state index in [-0.39, 0.29) is 17.5 Å². The first kappa shape index (κ1) is 17.2. The van der Waals surface area contributed by atoms with E-state index < -0.39 is 0 Å². The summed E-state index contributed by atoms with van der Waals surface area (Å²) in [4.78, 5) is 11.9. The Morgan fingerprint density at radius 1 is 1.25 bits per heavy atom. The largest absolute Gasteiger partial charge is 0.368 e. The first-order chi connectivity index (χ1) is 9.42. The smallest absolute Gasteiger partial charge is 0.161 e. The molecule has 2 heteroatoms. The summed E-state index contributed by atoms with van der Waals surface area (Å²) in [5, 5.41) is 0. The van der Waals surface area contributed by atoms with E-state index in [9.17, 15) is 4.79 Å². The Morgan fingerprint density at radius 2 is 2.00 bits per heavy atom. The minimum atomic E-state index is -0.188. The number of rotatable bonds is 8. The van der Waals surface area contributed by atoms with Gasteiger partial charge in [0, 0.05) is 6.42 Å². The van der Waals surface area contributed by atoms with Crippen LogP contribution in [0.1, 0.15) is 72.6 Å². The molecule has 0 heterocycles. The Labute approximate surface area is 124 Å². The molecule has 0 N–H and O–H groups in total. The highest BCUT2D eigenvalue weighted by Crippen LogP contribution is 2.24. The fraction of sp³-hybridized carbons (Fsp3) is 0.722. The molecule has 0 aromatic rings. The van der Waals surface area contributed by atoms with Crippen molar-refractivity contribution in [3.8, 4) is 0 Å². The quantitative estimate of drug-likeness (QED) is 0.462. The second-order valence-electron chi connectivity index (χ2n) is 6.61. The van der Waals surface area contributed by atoms with Crippen molar-refractivity contribution < 1.29 is 9.53 Å². The number of Topliss-reactive ketones (excluding diaryl/α,β-unsaturated/α-hetero) is 1. The molecular formula is C18H30O2. The van der Waals surface area contributed by atoms with E-state index in [4.69, 9.17) is 4.74 Å². The van der Waals surface area contributed by atoms with Gasteiger partial charge in [0.05, 0.1) is 11.7 Å². The maximum atomic E-state index is 11.9. The molecule has 20 heavy (non-hydrogen) atoms. The van der Waals surface area contributed by atoms with Crippen LogP contribution in [0.25, 0.3) is 0 Å². The fourth-order valence-corrected chi connectivity index (χ4v) is 2.42. The summed E-state index contributed by atoms with van der Waals surface area (Å²) in [5.74, 6) is 0.245. The Hall–Kier alpha value is -0.890. The average Bonchev–Trinajstić information content (AvgIpc) is 2.66. The molecule has 0 saturated carbocycles. The van der Waals surface area contributed by atoms with Gasteiger partial charge in [-0.25, -0.2) is 0 Å². The molecule has 0 saturated heterocycles. The van der Waals surface area contributed by atoms with Crippen molar-refractivity contribution in [3.05, 3.63) is 23.8 Å². The van der Waals surface area contributed by atoms with Gasteiger partial charge in [-0.1, -0.05) is 38.3 Å². The zero-order chi connectivity index (χ0) is 15.0. The highest BCUT2D eigenvalue weighted by Gasteiger charge is 2.27. The van der Waals surface area contributed by atoms with Gasteiger partial charge in [-0.15, -0.1) is 0 Å². The second-order valence-corrected chi connectivity index (χ2v) is 6.61. The predicted octanol–water partition coefficient (Wildman–Crippen LogP) is 4.99. The van der Waals surface area contributed by atoms with Crippen molar-refractivity contribution >= 4 is 5.78 Å². The number of ketones is 1. The summed E-state index contributed by atoms with van der Waals surface area (Å²) in [6.07, 6.45) is 13.9. The van der Waals surface area contributed by atoms with Gasteiger partial charge >= 0.3 is 0 Å². The Kier molecular flexibility index (Phi) is 7.22. The minimum absolute atomic E-state index is 0.0320. The molecule has 114 valence electrons. The summed E-state index contributed by atoms with van der Waals surface area (Å²) in [6.45, 7) is 8.31. The molecule has 0 amide bonds. The average molecular weight is 278 g/mol. The zero-order valence-electron chi connectivity index (χ0n) is 13.6. The van der Waals surface area contributed by atoms with Gasteiger partial charge in [0.25, 0.3) is 0 Å². The van der Waals surface area contributed by atoms with Crippen LogP contribution >= 0.6 is 0 Å². The van der Waals surface area contributed by atoms with Crippen molar-refractivity contribution in [3.63, 3.8) is 0 Å². The Morgan fingerprint density at radius 3 is 2.65 bits per heavy atom.